The third-order valence-electron chi connectivity index (χ3n) is 7.39. The van der Waals surface area contributed by atoms with Crippen LogP contribution in [-0.2, 0) is 11.2 Å². The van der Waals surface area contributed by atoms with Gasteiger partial charge in [-0.05, 0) is 68.7 Å². The molecule has 0 aliphatic carbocycles. The first-order valence-corrected chi connectivity index (χ1v) is 13.8. The molecule has 2 aliphatic rings. The Balaban J connectivity index is 1.37. The third kappa shape index (κ3) is 7.35. The van der Waals surface area contributed by atoms with E-state index in [-0.39, 0.29) is 35.5 Å². The Bertz CT molecular complexity index is 1120. The summed E-state index contributed by atoms with van der Waals surface area (Å²) in [4.78, 5) is 45.8. The van der Waals surface area contributed by atoms with Gasteiger partial charge in [0.2, 0.25) is 5.91 Å². The number of hydrogen-bond donors (Lipinski definition) is 2. The van der Waals surface area contributed by atoms with Crippen molar-refractivity contribution in [3.8, 4) is 0 Å². The number of aryl methyl sites for hydroxylation is 1. The molecule has 10 heteroatoms. The lowest BCUT2D eigenvalue weighted by atomic mass is 9.87. The number of amides is 3. The largest absolute Gasteiger partial charge is 0.341 e. The fourth-order valence-electron chi connectivity index (χ4n) is 5.52. The number of Topliss-reactive ketones (excluding diaryl/α,β-unsaturated/α-hetero) is 1. The number of nitrogens with zero attached hydrogens (tertiary/aromatic N) is 3. The van der Waals surface area contributed by atoms with E-state index in [1.165, 1.54) is 30.4 Å². The van der Waals surface area contributed by atoms with Crippen LogP contribution < -0.4 is 10.6 Å². The van der Waals surface area contributed by atoms with E-state index in [0.717, 1.165) is 50.9 Å². The number of urea groups is 1. The summed E-state index contributed by atoms with van der Waals surface area (Å²) in [6.45, 7) is 8.77. The van der Waals surface area contributed by atoms with Gasteiger partial charge in [0.25, 0.3) is 0 Å². The van der Waals surface area contributed by atoms with Gasteiger partial charge in [-0.2, -0.15) is 0 Å². The topological polar surface area (TPSA) is 94.6 Å². The highest BCUT2D eigenvalue weighted by molar-refractivity contribution is 7.17. The second-order valence-corrected chi connectivity index (χ2v) is 11.3. The summed E-state index contributed by atoms with van der Waals surface area (Å²) >= 11 is 1.17. The van der Waals surface area contributed by atoms with Crippen LogP contribution in [0.1, 0.15) is 54.0 Å². The number of ketones is 1. The zero-order chi connectivity index (χ0) is 26.5. The molecule has 3 amide bonds. The summed E-state index contributed by atoms with van der Waals surface area (Å²) < 4.78 is 13.3. The fraction of sp³-hybridized carbons (Fsp3) is 0.556. The van der Waals surface area contributed by atoms with Crippen LogP contribution in [0.2, 0.25) is 0 Å². The molecule has 2 fully saturated rings. The summed E-state index contributed by atoms with van der Waals surface area (Å²) in [5.74, 6) is 0.432. The molecule has 0 unspecified atom stereocenters. The van der Waals surface area contributed by atoms with Crippen LogP contribution in [0.25, 0.3) is 0 Å². The van der Waals surface area contributed by atoms with Crippen LogP contribution in [0.4, 0.5) is 14.3 Å². The molecular formula is C27H36FN5O3S. The SMILES string of the molecule is CC(=O)c1sc(NC(=O)N[C@H]2CN(C(C)=O)CC[C@H]2CN2CCC[C@@H](Cc3ccc(F)cc3)C2)nc1C. The summed E-state index contributed by atoms with van der Waals surface area (Å²) in [5, 5.41) is 6.24. The van der Waals surface area contributed by atoms with Crippen LogP contribution in [-0.4, -0.2) is 71.3 Å². The number of halogens is 1. The number of aromatic nitrogens is 1. The number of anilines is 1. The summed E-state index contributed by atoms with van der Waals surface area (Å²) in [5.41, 5.74) is 1.76. The van der Waals surface area contributed by atoms with Gasteiger partial charge in [0.05, 0.1) is 16.6 Å². The third-order valence-corrected chi connectivity index (χ3v) is 8.56. The molecule has 200 valence electrons. The standard InChI is InChI=1S/C27H36FN5O3S/c1-17-25(18(2)34)37-27(29-17)31-26(36)30-24-16-33(19(3)35)12-10-22(24)15-32-11-4-5-21(14-32)13-20-6-8-23(28)9-7-20/h6-9,21-22,24H,4-5,10-16H2,1-3H3,(H2,29,30,31,36)/t21-,22-,24-/m0/s1. The molecular weight excluding hydrogens is 493 g/mol. The average Bonchev–Trinajstić information content (AvgIpc) is 3.21. The lowest BCUT2D eigenvalue weighted by Crippen LogP contribution is -2.57. The van der Waals surface area contributed by atoms with E-state index in [9.17, 15) is 18.8 Å². The predicted octanol–water partition coefficient (Wildman–Crippen LogP) is 4.11. The molecule has 2 aromatic rings. The Morgan fingerprint density at radius 1 is 1.11 bits per heavy atom. The minimum absolute atomic E-state index is 0.00430. The van der Waals surface area contributed by atoms with Gasteiger partial charge in [-0.25, -0.2) is 14.2 Å². The fourth-order valence-corrected chi connectivity index (χ4v) is 6.37. The molecule has 1 aromatic carbocycles. The molecule has 0 spiro atoms. The highest BCUT2D eigenvalue weighted by atomic mass is 32.1. The van der Waals surface area contributed by atoms with E-state index in [1.807, 2.05) is 12.1 Å². The monoisotopic (exact) mass is 529 g/mol. The van der Waals surface area contributed by atoms with Crippen LogP contribution in [0.3, 0.4) is 0 Å². The Kier molecular flexibility index (Phi) is 8.91. The van der Waals surface area contributed by atoms with E-state index in [2.05, 4.69) is 20.5 Å². The number of thiazole rings is 1. The minimum Gasteiger partial charge on any atom is -0.341 e. The van der Waals surface area contributed by atoms with E-state index < -0.39 is 0 Å². The number of likely N-dealkylation sites (tertiary alicyclic amines) is 2. The number of carbonyl (C=O) groups excluding carboxylic acids is 3. The average molecular weight is 530 g/mol. The predicted molar refractivity (Wildman–Crippen MR) is 142 cm³/mol. The van der Waals surface area contributed by atoms with Crippen LogP contribution in [0.5, 0.6) is 0 Å². The lowest BCUT2D eigenvalue weighted by Gasteiger charge is -2.42. The molecule has 0 radical (unpaired) electrons. The van der Waals surface area contributed by atoms with Gasteiger partial charge < -0.3 is 15.1 Å². The number of nitrogens with one attached hydrogen (secondary N) is 2. The molecule has 37 heavy (non-hydrogen) atoms. The maximum Gasteiger partial charge on any atom is 0.321 e. The Labute approximate surface area is 221 Å². The Morgan fingerprint density at radius 3 is 2.54 bits per heavy atom. The number of hydrogen-bond acceptors (Lipinski definition) is 6. The van der Waals surface area contributed by atoms with Crippen molar-refractivity contribution >= 4 is 34.2 Å². The van der Waals surface area contributed by atoms with Crippen molar-refractivity contribution in [2.24, 2.45) is 11.8 Å². The van der Waals surface area contributed by atoms with Crippen molar-refractivity contribution in [3.05, 3.63) is 46.2 Å². The lowest BCUT2D eigenvalue weighted by molar-refractivity contribution is -0.130. The molecule has 8 nitrogen and oxygen atoms in total. The first kappa shape index (κ1) is 27.2. The van der Waals surface area contributed by atoms with Crippen LogP contribution in [0.15, 0.2) is 24.3 Å². The summed E-state index contributed by atoms with van der Waals surface area (Å²) in [6.07, 6.45) is 4.00. The zero-order valence-electron chi connectivity index (χ0n) is 21.8. The maximum absolute atomic E-state index is 13.3. The molecule has 2 aliphatic heterocycles. The van der Waals surface area contributed by atoms with Gasteiger partial charge in [0, 0.05) is 40.0 Å². The van der Waals surface area contributed by atoms with Gasteiger partial charge in [-0.3, -0.25) is 14.9 Å². The molecule has 3 atom stereocenters. The normalized spacial score (nSPS) is 22.5. The van der Waals surface area contributed by atoms with Crippen molar-refractivity contribution < 1.29 is 18.8 Å². The molecule has 3 heterocycles. The van der Waals surface area contributed by atoms with Crippen LogP contribution >= 0.6 is 11.3 Å². The number of benzene rings is 1. The van der Waals surface area contributed by atoms with Crippen molar-refractivity contribution in [3.63, 3.8) is 0 Å². The second-order valence-electron chi connectivity index (χ2n) is 10.3. The highest BCUT2D eigenvalue weighted by Crippen LogP contribution is 2.26. The quantitative estimate of drug-likeness (QED) is 0.527. The first-order chi connectivity index (χ1) is 17.7. The van der Waals surface area contributed by atoms with Crippen molar-refractivity contribution in [1.29, 1.82) is 0 Å². The van der Waals surface area contributed by atoms with Crippen molar-refractivity contribution in [2.75, 3.05) is 38.0 Å². The summed E-state index contributed by atoms with van der Waals surface area (Å²) in [6, 6.07) is 6.21. The summed E-state index contributed by atoms with van der Waals surface area (Å²) in [7, 11) is 0. The molecule has 4 rings (SSSR count). The van der Waals surface area contributed by atoms with Crippen molar-refractivity contribution in [2.45, 2.75) is 52.5 Å². The number of rotatable bonds is 7. The molecule has 2 saturated heterocycles. The van der Waals surface area contributed by atoms with Gasteiger partial charge in [0.15, 0.2) is 10.9 Å². The molecule has 2 N–H and O–H groups in total. The number of carbonyl (C=O) groups is 3. The van der Waals surface area contributed by atoms with Crippen molar-refractivity contribution in [1.82, 2.24) is 20.1 Å². The van der Waals surface area contributed by atoms with Gasteiger partial charge >= 0.3 is 6.03 Å². The van der Waals surface area contributed by atoms with Gasteiger partial charge in [-0.1, -0.05) is 23.5 Å². The Morgan fingerprint density at radius 2 is 1.86 bits per heavy atom. The van der Waals surface area contributed by atoms with E-state index >= 15 is 0 Å². The van der Waals surface area contributed by atoms with E-state index in [4.69, 9.17) is 0 Å². The second kappa shape index (κ2) is 12.1. The van der Waals surface area contributed by atoms with E-state index in [0.29, 0.717) is 34.7 Å². The first-order valence-electron chi connectivity index (χ1n) is 13.0. The number of piperidine rings is 2. The van der Waals surface area contributed by atoms with Crippen LogP contribution in [0, 0.1) is 24.6 Å². The minimum atomic E-state index is -0.378. The van der Waals surface area contributed by atoms with E-state index in [1.54, 1.807) is 18.7 Å². The molecule has 1 aromatic heterocycles. The molecule has 0 saturated carbocycles. The zero-order valence-corrected chi connectivity index (χ0v) is 22.6. The van der Waals surface area contributed by atoms with Gasteiger partial charge in [-0.15, -0.1) is 0 Å². The Hall–Kier alpha value is -2.85. The smallest absolute Gasteiger partial charge is 0.321 e. The molecule has 0 bridgehead atoms. The maximum atomic E-state index is 13.3. The van der Waals surface area contributed by atoms with Gasteiger partial charge in [0.1, 0.15) is 5.82 Å². The highest BCUT2D eigenvalue weighted by Gasteiger charge is 2.34.